The summed E-state index contributed by atoms with van der Waals surface area (Å²) >= 11 is 0. The number of hydrogen-bond donors (Lipinski definition) is 1. The molecule has 92 valence electrons. The highest BCUT2D eigenvalue weighted by atomic mass is 19.1. The van der Waals surface area contributed by atoms with Gasteiger partial charge in [0.1, 0.15) is 11.6 Å². The van der Waals surface area contributed by atoms with Gasteiger partial charge in [-0.2, -0.15) is 0 Å². The second-order valence-corrected chi connectivity index (χ2v) is 3.91. The van der Waals surface area contributed by atoms with Crippen molar-refractivity contribution in [3.63, 3.8) is 0 Å². The maximum atomic E-state index is 12.7. The van der Waals surface area contributed by atoms with E-state index in [9.17, 15) is 13.9 Å². The molecular formula is C15H12F2O. The van der Waals surface area contributed by atoms with Gasteiger partial charge in [0.2, 0.25) is 0 Å². The highest BCUT2D eigenvalue weighted by molar-refractivity contribution is 5.50. The van der Waals surface area contributed by atoms with Crippen molar-refractivity contribution in [2.45, 2.75) is 6.10 Å². The van der Waals surface area contributed by atoms with Crippen molar-refractivity contribution in [2.75, 3.05) is 0 Å². The number of benzene rings is 2. The van der Waals surface area contributed by atoms with Crippen molar-refractivity contribution in [1.82, 2.24) is 0 Å². The summed E-state index contributed by atoms with van der Waals surface area (Å²) in [6, 6.07) is 11.6. The van der Waals surface area contributed by atoms with Crippen LogP contribution in [0, 0.1) is 11.6 Å². The predicted molar refractivity (Wildman–Crippen MR) is 66.8 cm³/mol. The minimum absolute atomic E-state index is 0.300. The molecule has 0 saturated heterocycles. The molecule has 0 aromatic heterocycles. The van der Waals surface area contributed by atoms with E-state index >= 15 is 0 Å². The molecule has 0 spiro atoms. The van der Waals surface area contributed by atoms with Crippen molar-refractivity contribution in [3.8, 4) is 0 Å². The lowest BCUT2D eigenvalue weighted by atomic mass is 10.1. The molecule has 2 aromatic rings. The molecule has 1 N–H and O–H groups in total. The second-order valence-electron chi connectivity index (χ2n) is 3.91. The van der Waals surface area contributed by atoms with Crippen LogP contribution in [0.15, 0.2) is 54.6 Å². The third kappa shape index (κ3) is 3.25. The number of rotatable bonds is 3. The molecule has 0 fully saturated rings. The Kier molecular flexibility index (Phi) is 3.85. The van der Waals surface area contributed by atoms with E-state index in [0.29, 0.717) is 5.56 Å². The lowest BCUT2D eigenvalue weighted by Gasteiger charge is -2.05. The zero-order chi connectivity index (χ0) is 13.0. The summed E-state index contributed by atoms with van der Waals surface area (Å²) in [6.45, 7) is 0. The predicted octanol–water partition coefficient (Wildman–Crippen LogP) is 3.71. The third-order valence-corrected chi connectivity index (χ3v) is 2.55. The van der Waals surface area contributed by atoms with Crippen molar-refractivity contribution in [3.05, 3.63) is 77.4 Å². The molecule has 1 atom stereocenters. The van der Waals surface area contributed by atoms with E-state index in [4.69, 9.17) is 0 Å². The van der Waals surface area contributed by atoms with Crippen LogP contribution in [0.2, 0.25) is 0 Å². The van der Waals surface area contributed by atoms with Crippen molar-refractivity contribution < 1.29 is 13.9 Å². The summed E-state index contributed by atoms with van der Waals surface area (Å²) in [4.78, 5) is 0. The first-order valence-electron chi connectivity index (χ1n) is 5.52. The van der Waals surface area contributed by atoms with Gasteiger partial charge in [-0.15, -0.1) is 0 Å². The van der Waals surface area contributed by atoms with Gasteiger partial charge in [-0.3, -0.25) is 0 Å². The number of halogens is 2. The van der Waals surface area contributed by atoms with Crippen molar-refractivity contribution in [2.24, 2.45) is 0 Å². The molecule has 0 aliphatic heterocycles. The molecular weight excluding hydrogens is 234 g/mol. The minimum Gasteiger partial charge on any atom is -0.384 e. The Balaban J connectivity index is 2.08. The molecule has 1 unspecified atom stereocenters. The third-order valence-electron chi connectivity index (χ3n) is 2.55. The lowest BCUT2D eigenvalue weighted by Crippen LogP contribution is -1.92. The summed E-state index contributed by atoms with van der Waals surface area (Å²) in [5.74, 6) is -0.639. The topological polar surface area (TPSA) is 20.2 Å². The standard InChI is InChI=1S/C15H12F2O/c16-13-6-1-11(2-7-13)3-10-15(18)12-4-8-14(17)9-5-12/h1-10,15,18H/b10-3+. The van der Waals surface area contributed by atoms with Crippen molar-refractivity contribution in [1.29, 1.82) is 0 Å². The van der Waals surface area contributed by atoms with Gasteiger partial charge in [0.05, 0.1) is 6.10 Å². The molecule has 0 radical (unpaired) electrons. The van der Waals surface area contributed by atoms with Gasteiger partial charge >= 0.3 is 0 Å². The Hall–Kier alpha value is -2.00. The summed E-state index contributed by atoms with van der Waals surface area (Å²) in [5.41, 5.74) is 1.40. The van der Waals surface area contributed by atoms with Crippen LogP contribution >= 0.6 is 0 Å². The zero-order valence-electron chi connectivity index (χ0n) is 9.55. The second kappa shape index (κ2) is 5.56. The van der Waals surface area contributed by atoms with Crippen LogP contribution in [-0.2, 0) is 0 Å². The van der Waals surface area contributed by atoms with Crippen LogP contribution in [0.5, 0.6) is 0 Å². The van der Waals surface area contributed by atoms with E-state index in [1.165, 1.54) is 36.4 Å². The van der Waals surface area contributed by atoms with Crippen LogP contribution in [0.1, 0.15) is 17.2 Å². The van der Waals surface area contributed by atoms with E-state index < -0.39 is 6.10 Å². The first kappa shape index (κ1) is 12.5. The summed E-state index contributed by atoms with van der Waals surface area (Å²) in [5, 5.41) is 9.84. The quantitative estimate of drug-likeness (QED) is 0.875. The van der Waals surface area contributed by atoms with E-state index in [2.05, 4.69) is 0 Å². The molecule has 2 aromatic carbocycles. The van der Waals surface area contributed by atoms with Crippen LogP contribution < -0.4 is 0 Å². The SMILES string of the molecule is OC(/C=C/c1ccc(F)cc1)c1ccc(F)cc1. The fourth-order valence-corrected chi connectivity index (χ4v) is 1.55. The molecule has 0 amide bonds. The fourth-order valence-electron chi connectivity index (χ4n) is 1.55. The first-order chi connectivity index (χ1) is 8.65. The molecule has 0 aliphatic rings. The Labute approximate surface area is 104 Å². The normalized spacial score (nSPS) is 12.8. The van der Waals surface area contributed by atoms with E-state index in [-0.39, 0.29) is 11.6 Å². The average Bonchev–Trinajstić information content (AvgIpc) is 2.38. The van der Waals surface area contributed by atoms with Crippen LogP contribution in [0.4, 0.5) is 8.78 Å². The largest absolute Gasteiger partial charge is 0.384 e. The van der Waals surface area contributed by atoms with E-state index in [1.54, 1.807) is 24.3 Å². The Morgan fingerprint density at radius 2 is 1.33 bits per heavy atom. The van der Waals surface area contributed by atoms with Gasteiger partial charge < -0.3 is 5.11 Å². The number of aliphatic hydroxyl groups excluding tert-OH is 1. The van der Waals surface area contributed by atoms with Crippen LogP contribution in [-0.4, -0.2) is 5.11 Å². The van der Waals surface area contributed by atoms with Gasteiger partial charge in [-0.25, -0.2) is 8.78 Å². The molecule has 0 bridgehead atoms. The lowest BCUT2D eigenvalue weighted by molar-refractivity contribution is 0.229. The van der Waals surface area contributed by atoms with Gasteiger partial charge in [0.25, 0.3) is 0 Å². The van der Waals surface area contributed by atoms with Gasteiger partial charge in [0.15, 0.2) is 0 Å². The zero-order valence-corrected chi connectivity index (χ0v) is 9.55. The molecule has 0 heterocycles. The average molecular weight is 246 g/mol. The number of hydrogen-bond acceptors (Lipinski definition) is 1. The van der Waals surface area contributed by atoms with E-state index in [1.807, 2.05) is 0 Å². The Morgan fingerprint density at radius 1 is 0.833 bits per heavy atom. The van der Waals surface area contributed by atoms with Gasteiger partial charge in [-0.05, 0) is 35.4 Å². The molecule has 0 aliphatic carbocycles. The number of aliphatic hydroxyl groups is 1. The van der Waals surface area contributed by atoms with E-state index in [0.717, 1.165) is 5.56 Å². The van der Waals surface area contributed by atoms with Crippen LogP contribution in [0.25, 0.3) is 6.08 Å². The molecule has 3 heteroatoms. The monoisotopic (exact) mass is 246 g/mol. The van der Waals surface area contributed by atoms with Gasteiger partial charge in [0, 0.05) is 0 Å². The summed E-state index contributed by atoms with van der Waals surface area (Å²) < 4.78 is 25.4. The molecule has 2 rings (SSSR count). The highest BCUT2D eigenvalue weighted by Gasteiger charge is 2.02. The maximum absolute atomic E-state index is 12.7. The maximum Gasteiger partial charge on any atom is 0.123 e. The molecule has 0 saturated carbocycles. The van der Waals surface area contributed by atoms with Crippen molar-refractivity contribution >= 4 is 6.08 Å². The Bertz CT molecular complexity index is 529. The molecule has 1 nitrogen and oxygen atoms in total. The van der Waals surface area contributed by atoms with Crippen LogP contribution in [0.3, 0.4) is 0 Å². The summed E-state index contributed by atoms with van der Waals surface area (Å²) in [6.07, 6.45) is 2.45. The first-order valence-corrected chi connectivity index (χ1v) is 5.52. The minimum atomic E-state index is -0.810. The molecule has 18 heavy (non-hydrogen) atoms. The Morgan fingerprint density at radius 3 is 1.89 bits per heavy atom. The smallest absolute Gasteiger partial charge is 0.123 e. The highest BCUT2D eigenvalue weighted by Crippen LogP contribution is 2.16. The summed E-state index contributed by atoms with van der Waals surface area (Å²) in [7, 11) is 0. The van der Waals surface area contributed by atoms with Gasteiger partial charge in [-0.1, -0.05) is 36.4 Å². The fraction of sp³-hybridized carbons (Fsp3) is 0.0667.